The summed E-state index contributed by atoms with van der Waals surface area (Å²) in [6, 6.07) is 1.74. The van der Waals surface area contributed by atoms with Crippen molar-refractivity contribution >= 4 is 18.1 Å². The van der Waals surface area contributed by atoms with Crippen molar-refractivity contribution in [3.63, 3.8) is 0 Å². The molecular formula is C18H34N6O4. The van der Waals surface area contributed by atoms with E-state index in [2.05, 4.69) is 25.9 Å². The van der Waals surface area contributed by atoms with Crippen LogP contribution in [0, 0.1) is 0 Å². The first-order chi connectivity index (χ1) is 12.9. The van der Waals surface area contributed by atoms with Gasteiger partial charge in [0.25, 0.3) is 0 Å². The SMILES string of the molecule is CC(C)(C)OC(=O)NCCN.CC(C)(C)OC(=O)NCCNc1ncccn1. The second kappa shape index (κ2) is 12.7. The van der Waals surface area contributed by atoms with E-state index in [9.17, 15) is 9.59 Å². The van der Waals surface area contributed by atoms with E-state index in [-0.39, 0.29) is 0 Å². The summed E-state index contributed by atoms with van der Waals surface area (Å²) in [6.45, 7) is 12.8. The van der Waals surface area contributed by atoms with Gasteiger partial charge in [0.2, 0.25) is 5.95 Å². The molecule has 2 amide bonds. The Morgan fingerprint density at radius 2 is 1.36 bits per heavy atom. The predicted octanol–water partition coefficient (Wildman–Crippen LogP) is 1.88. The summed E-state index contributed by atoms with van der Waals surface area (Å²) in [5.74, 6) is 0.540. The minimum absolute atomic E-state index is 0.414. The zero-order valence-corrected chi connectivity index (χ0v) is 17.7. The molecule has 1 heterocycles. The Bertz CT molecular complexity index is 570. The number of aromatic nitrogens is 2. The minimum Gasteiger partial charge on any atom is -0.444 e. The van der Waals surface area contributed by atoms with Gasteiger partial charge in [0.1, 0.15) is 11.2 Å². The Labute approximate surface area is 167 Å². The lowest BCUT2D eigenvalue weighted by molar-refractivity contribution is 0.0518. The van der Waals surface area contributed by atoms with Crippen molar-refractivity contribution in [1.29, 1.82) is 0 Å². The highest BCUT2D eigenvalue weighted by Crippen LogP contribution is 2.06. The van der Waals surface area contributed by atoms with E-state index in [4.69, 9.17) is 15.2 Å². The molecular weight excluding hydrogens is 364 g/mol. The average Bonchev–Trinajstić information content (AvgIpc) is 2.55. The van der Waals surface area contributed by atoms with Crippen molar-refractivity contribution < 1.29 is 19.1 Å². The third-order valence-corrected chi connectivity index (χ3v) is 2.45. The van der Waals surface area contributed by atoms with Crippen LogP contribution in [0.15, 0.2) is 18.5 Å². The van der Waals surface area contributed by atoms with E-state index in [0.717, 1.165) is 0 Å². The lowest BCUT2D eigenvalue weighted by Crippen LogP contribution is -2.35. The summed E-state index contributed by atoms with van der Waals surface area (Å²) >= 11 is 0. The van der Waals surface area contributed by atoms with Crippen molar-refractivity contribution in [2.75, 3.05) is 31.5 Å². The molecule has 0 unspecified atom stereocenters. The van der Waals surface area contributed by atoms with Gasteiger partial charge in [0.15, 0.2) is 0 Å². The Hall–Kier alpha value is -2.62. The largest absolute Gasteiger partial charge is 0.444 e. The van der Waals surface area contributed by atoms with Gasteiger partial charge >= 0.3 is 12.2 Å². The number of hydrogen-bond acceptors (Lipinski definition) is 8. The standard InChI is InChI=1S/C11H18N4O2.C7H16N2O2/c1-11(2,3)17-10(16)15-8-7-14-9-12-5-4-6-13-9;1-7(2,3)11-6(10)9-5-4-8/h4-6H,7-8H2,1-3H3,(H,15,16)(H,12,13,14);4-5,8H2,1-3H3,(H,9,10). The van der Waals surface area contributed by atoms with Crippen LogP contribution in [-0.4, -0.2) is 59.5 Å². The number of hydrogen-bond donors (Lipinski definition) is 4. The van der Waals surface area contributed by atoms with Crippen LogP contribution in [0.4, 0.5) is 15.5 Å². The van der Waals surface area contributed by atoms with Crippen LogP contribution < -0.4 is 21.7 Å². The Morgan fingerprint density at radius 3 is 1.79 bits per heavy atom. The van der Waals surface area contributed by atoms with Gasteiger partial charge in [-0.2, -0.15) is 0 Å². The van der Waals surface area contributed by atoms with Gasteiger partial charge in [-0.3, -0.25) is 0 Å². The number of nitrogens with zero attached hydrogens (tertiary/aromatic N) is 2. The van der Waals surface area contributed by atoms with Gasteiger partial charge in [-0.25, -0.2) is 19.6 Å². The number of carbonyl (C=O) groups is 2. The van der Waals surface area contributed by atoms with E-state index >= 15 is 0 Å². The van der Waals surface area contributed by atoms with Gasteiger partial charge < -0.3 is 31.2 Å². The third kappa shape index (κ3) is 16.8. The maximum Gasteiger partial charge on any atom is 0.407 e. The highest BCUT2D eigenvalue weighted by molar-refractivity contribution is 5.67. The molecule has 10 heteroatoms. The molecule has 28 heavy (non-hydrogen) atoms. The lowest BCUT2D eigenvalue weighted by Gasteiger charge is -2.19. The lowest BCUT2D eigenvalue weighted by atomic mass is 10.2. The van der Waals surface area contributed by atoms with Crippen LogP contribution in [0.2, 0.25) is 0 Å². The fraction of sp³-hybridized carbons (Fsp3) is 0.667. The molecule has 0 radical (unpaired) electrons. The van der Waals surface area contributed by atoms with E-state index in [1.165, 1.54) is 0 Å². The number of nitrogens with two attached hydrogens (primary N) is 1. The molecule has 0 aromatic carbocycles. The van der Waals surface area contributed by atoms with E-state index in [0.29, 0.717) is 32.1 Å². The second-order valence-electron chi connectivity index (χ2n) is 7.65. The third-order valence-electron chi connectivity index (χ3n) is 2.45. The highest BCUT2D eigenvalue weighted by atomic mass is 16.6. The molecule has 1 aromatic heterocycles. The van der Waals surface area contributed by atoms with Crippen molar-refractivity contribution in [3.05, 3.63) is 18.5 Å². The second-order valence-corrected chi connectivity index (χ2v) is 7.65. The monoisotopic (exact) mass is 398 g/mol. The van der Waals surface area contributed by atoms with Crippen molar-refractivity contribution in [2.45, 2.75) is 52.7 Å². The van der Waals surface area contributed by atoms with Gasteiger partial charge in [-0.1, -0.05) is 0 Å². The zero-order valence-electron chi connectivity index (χ0n) is 17.7. The molecule has 1 rings (SSSR count). The Balaban J connectivity index is 0.000000576. The molecule has 0 saturated carbocycles. The first-order valence-corrected chi connectivity index (χ1v) is 9.07. The molecule has 160 valence electrons. The summed E-state index contributed by atoms with van der Waals surface area (Å²) in [6.07, 6.45) is 2.46. The van der Waals surface area contributed by atoms with Crippen LogP contribution in [0.3, 0.4) is 0 Å². The van der Waals surface area contributed by atoms with Crippen molar-refractivity contribution in [1.82, 2.24) is 20.6 Å². The quantitative estimate of drug-likeness (QED) is 0.532. The number of anilines is 1. The molecule has 10 nitrogen and oxygen atoms in total. The number of nitrogens with one attached hydrogen (secondary N) is 3. The fourth-order valence-electron chi connectivity index (χ4n) is 1.53. The first kappa shape index (κ1) is 25.4. The number of ether oxygens (including phenoxy) is 2. The normalized spacial score (nSPS) is 10.8. The van der Waals surface area contributed by atoms with Crippen LogP contribution in [0.25, 0.3) is 0 Å². The minimum atomic E-state index is -0.472. The smallest absolute Gasteiger partial charge is 0.407 e. The summed E-state index contributed by atoms with van der Waals surface area (Å²) in [4.78, 5) is 30.1. The average molecular weight is 399 g/mol. The molecule has 0 saturated heterocycles. The van der Waals surface area contributed by atoms with Gasteiger partial charge in [-0.15, -0.1) is 0 Å². The van der Waals surface area contributed by atoms with Crippen LogP contribution in [-0.2, 0) is 9.47 Å². The summed E-state index contributed by atoms with van der Waals surface area (Å²) in [5.41, 5.74) is 4.27. The van der Waals surface area contributed by atoms with Crippen molar-refractivity contribution in [3.8, 4) is 0 Å². The van der Waals surface area contributed by atoms with Gasteiger partial charge in [-0.05, 0) is 47.6 Å². The molecule has 0 atom stereocenters. The Morgan fingerprint density at radius 1 is 0.893 bits per heavy atom. The van der Waals surface area contributed by atoms with Gasteiger partial charge in [0.05, 0.1) is 0 Å². The summed E-state index contributed by atoms with van der Waals surface area (Å²) < 4.78 is 10.0. The predicted molar refractivity (Wildman–Crippen MR) is 108 cm³/mol. The molecule has 0 fully saturated rings. The molecule has 5 N–H and O–H groups in total. The molecule has 1 aromatic rings. The fourth-order valence-corrected chi connectivity index (χ4v) is 1.53. The molecule has 0 spiro atoms. The summed E-state index contributed by atoms with van der Waals surface area (Å²) in [7, 11) is 0. The highest BCUT2D eigenvalue weighted by Gasteiger charge is 2.15. The first-order valence-electron chi connectivity index (χ1n) is 9.07. The number of alkyl carbamates (subject to hydrolysis) is 2. The van der Waals surface area contributed by atoms with Crippen molar-refractivity contribution in [2.24, 2.45) is 5.73 Å². The van der Waals surface area contributed by atoms with Crippen LogP contribution in [0.1, 0.15) is 41.5 Å². The molecule has 0 aliphatic rings. The zero-order chi connectivity index (χ0) is 21.6. The van der Waals surface area contributed by atoms with E-state index in [1.54, 1.807) is 18.5 Å². The molecule has 0 aliphatic heterocycles. The topological polar surface area (TPSA) is 140 Å². The van der Waals surface area contributed by atoms with E-state index in [1.807, 2.05) is 41.5 Å². The number of carbonyl (C=O) groups excluding carboxylic acids is 2. The van der Waals surface area contributed by atoms with Gasteiger partial charge in [0, 0.05) is 38.6 Å². The van der Waals surface area contributed by atoms with Crippen LogP contribution >= 0.6 is 0 Å². The van der Waals surface area contributed by atoms with Crippen LogP contribution in [0.5, 0.6) is 0 Å². The maximum atomic E-state index is 11.3. The number of amides is 2. The maximum absolute atomic E-state index is 11.3. The number of rotatable bonds is 6. The Kier molecular flexibility index (Phi) is 11.5. The molecule has 0 bridgehead atoms. The summed E-state index contributed by atoms with van der Waals surface area (Å²) in [5, 5.41) is 8.10. The van der Waals surface area contributed by atoms with E-state index < -0.39 is 23.4 Å². The molecule has 0 aliphatic carbocycles.